The molecule has 0 aliphatic heterocycles. The average molecular weight is 273 g/mol. The van der Waals surface area contributed by atoms with Gasteiger partial charge in [-0.15, -0.1) is 0 Å². The number of amides is 1. The van der Waals surface area contributed by atoms with Gasteiger partial charge in [-0.1, -0.05) is 12.1 Å². The molecule has 2 rings (SSSR count). The van der Waals surface area contributed by atoms with Crippen LogP contribution in [-0.4, -0.2) is 23.1 Å². The molecule has 4 N–H and O–H groups in total. The minimum atomic E-state index is -0.639. The molecule has 1 aromatic carbocycles. The van der Waals surface area contributed by atoms with Crippen molar-refractivity contribution in [1.82, 2.24) is 5.32 Å². The van der Waals surface area contributed by atoms with Crippen molar-refractivity contribution in [3.8, 4) is 11.8 Å². The van der Waals surface area contributed by atoms with Gasteiger partial charge >= 0.3 is 0 Å². The van der Waals surface area contributed by atoms with E-state index in [4.69, 9.17) is 11.0 Å². The summed E-state index contributed by atoms with van der Waals surface area (Å²) in [6.07, 6.45) is 3.07. The third-order valence-corrected chi connectivity index (χ3v) is 3.74. The normalized spacial score (nSPS) is 23.0. The lowest BCUT2D eigenvalue weighted by molar-refractivity contribution is -0.123. The van der Waals surface area contributed by atoms with Crippen molar-refractivity contribution in [2.45, 2.75) is 37.8 Å². The van der Waals surface area contributed by atoms with Crippen LogP contribution in [0.5, 0.6) is 5.75 Å². The third-order valence-electron chi connectivity index (χ3n) is 3.74. The van der Waals surface area contributed by atoms with Crippen molar-refractivity contribution in [3.63, 3.8) is 0 Å². The number of carbonyl (C=O) groups excluding carboxylic acids is 1. The minimum Gasteiger partial charge on any atom is -0.508 e. The fourth-order valence-corrected chi connectivity index (χ4v) is 2.56. The quantitative estimate of drug-likeness (QED) is 0.764. The maximum atomic E-state index is 12.0. The number of nitriles is 1. The fraction of sp³-hybridized carbons (Fsp3) is 0.467. The van der Waals surface area contributed by atoms with Crippen molar-refractivity contribution in [1.29, 1.82) is 5.26 Å². The zero-order chi connectivity index (χ0) is 14.5. The number of benzene rings is 1. The lowest BCUT2D eigenvalue weighted by Crippen LogP contribution is -2.47. The van der Waals surface area contributed by atoms with E-state index in [0.717, 1.165) is 24.8 Å². The van der Waals surface area contributed by atoms with Crippen LogP contribution in [0, 0.1) is 17.2 Å². The number of aromatic hydroxyl groups is 1. The first kappa shape index (κ1) is 14.4. The molecular formula is C15H19N3O2. The van der Waals surface area contributed by atoms with E-state index in [1.165, 1.54) is 0 Å². The second-order valence-electron chi connectivity index (χ2n) is 5.26. The zero-order valence-electron chi connectivity index (χ0n) is 11.2. The van der Waals surface area contributed by atoms with E-state index in [1.54, 1.807) is 24.3 Å². The van der Waals surface area contributed by atoms with Crippen LogP contribution in [0.25, 0.3) is 0 Å². The van der Waals surface area contributed by atoms with Crippen LogP contribution in [0.15, 0.2) is 24.3 Å². The largest absolute Gasteiger partial charge is 0.508 e. The van der Waals surface area contributed by atoms with Gasteiger partial charge in [0.05, 0.1) is 18.0 Å². The number of rotatable bonds is 4. The van der Waals surface area contributed by atoms with Crippen molar-refractivity contribution in [3.05, 3.63) is 29.8 Å². The Morgan fingerprint density at radius 1 is 1.45 bits per heavy atom. The van der Waals surface area contributed by atoms with Crippen LogP contribution in [0.1, 0.15) is 24.8 Å². The Morgan fingerprint density at radius 2 is 2.15 bits per heavy atom. The van der Waals surface area contributed by atoms with Gasteiger partial charge in [-0.05, 0) is 43.4 Å². The molecule has 1 aliphatic rings. The molecular weight excluding hydrogens is 254 g/mol. The molecule has 2 unspecified atom stereocenters. The number of nitrogens with zero attached hydrogens (tertiary/aromatic N) is 1. The van der Waals surface area contributed by atoms with Crippen molar-refractivity contribution < 1.29 is 9.90 Å². The van der Waals surface area contributed by atoms with Gasteiger partial charge in [-0.2, -0.15) is 5.26 Å². The maximum absolute atomic E-state index is 12.0. The Hall–Kier alpha value is -2.06. The Kier molecular flexibility index (Phi) is 4.59. The number of hydrogen-bond acceptors (Lipinski definition) is 4. The number of carbonyl (C=O) groups is 1. The van der Waals surface area contributed by atoms with Crippen LogP contribution in [-0.2, 0) is 11.2 Å². The van der Waals surface area contributed by atoms with Gasteiger partial charge in [0.25, 0.3) is 0 Å². The second-order valence-corrected chi connectivity index (χ2v) is 5.26. The lowest BCUT2D eigenvalue weighted by atomic mass is 10.0. The summed E-state index contributed by atoms with van der Waals surface area (Å²) in [5, 5.41) is 21.1. The molecule has 0 bridgehead atoms. The Bertz CT molecular complexity index is 507. The molecule has 1 fully saturated rings. The molecule has 0 saturated heterocycles. The molecule has 1 amide bonds. The van der Waals surface area contributed by atoms with Crippen molar-refractivity contribution >= 4 is 5.91 Å². The Morgan fingerprint density at radius 3 is 2.80 bits per heavy atom. The van der Waals surface area contributed by atoms with E-state index in [9.17, 15) is 9.90 Å². The topological polar surface area (TPSA) is 99.1 Å². The Labute approximate surface area is 118 Å². The summed E-state index contributed by atoms with van der Waals surface area (Å²) in [4.78, 5) is 12.0. The summed E-state index contributed by atoms with van der Waals surface area (Å²) in [5.74, 6) is -0.125. The molecule has 1 aliphatic carbocycles. The van der Waals surface area contributed by atoms with Crippen LogP contribution in [0.3, 0.4) is 0 Å². The van der Waals surface area contributed by atoms with Gasteiger partial charge in [0.15, 0.2) is 0 Å². The van der Waals surface area contributed by atoms with Gasteiger partial charge in [-0.25, -0.2) is 0 Å². The first-order valence-electron chi connectivity index (χ1n) is 6.83. The van der Waals surface area contributed by atoms with E-state index >= 15 is 0 Å². The smallest absolute Gasteiger partial charge is 0.237 e. The molecule has 20 heavy (non-hydrogen) atoms. The second kappa shape index (κ2) is 6.40. The van der Waals surface area contributed by atoms with E-state index in [1.807, 2.05) is 0 Å². The van der Waals surface area contributed by atoms with Crippen molar-refractivity contribution in [2.75, 3.05) is 0 Å². The molecule has 0 aromatic heterocycles. The van der Waals surface area contributed by atoms with Crippen LogP contribution in [0.2, 0.25) is 0 Å². The van der Waals surface area contributed by atoms with E-state index in [-0.39, 0.29) is 23.6 Å². The van der Waals surface area contributed by atoms with Crippen LogP contribution < -0.4 is 11.1 Å². The first-order valence-corrected chi connectivity index (χ1v) is 6.83. The van der Waals surface area contributed by atoms with Gasteiger partial charge in [-0.3, -0.25) is 4.79 Å². The first-order chi connectivity index (χ1) is 9.60. The maximum Gasteiger partial charge on any atom is 0.237 e. The van der Waals surface area contributed by atoms with Gasteiger partial charge in [0, 0.05) is 6.04 Å². The molecule has 5 heteroatoms. The molecule has 3 atom stereocenters. The predicted molar refractivity (Wildman–Crippen MR) is 74.7 cm³/mol. The highest BCUT2D eigenvalue weighted by molar-refractivity contribution is 5.82. The molecule has 0 radical (unpaired) electrons. The summed E-state index contributed by atoms with van der Waals surface area (Å²) in [6.45, 7) is 0. The number of nitrogens with two attached hydrogens (primary N) is 1. The Balaban J connectivity index is 1.89. The molecule has 106 valence electrons. The highest BCUT2D eigenvalue weighted by Crippen LogP contribution is 2.24. The summed E-state index contributed by atoms with van der Waals surface area (Å²) in [5.41, 5.74) is 6.79. The number of phenols is 1. The predicted octanol–water partition coefficient (Wildman–Crippen LogP) is 1.07. The highest BCUT2D eigenvalue weighted by atomic mass is 16.3. The highest BCUT2D eigenvalue weighted by Gasteiger charge is 2.29. The minimum absolute atomic E-state index is 0.0710. The summed E-state index contributed by atoms with van der Waals surface area (Å²) >= 11 is 0. The number of hydrogen-bond donors (Lipinski definition) is 3. The third kappa shape index (κ3) is 3.49. The summed E-state index contributed by atoms with van der Waals surface area (Å²) in [6, 6.07) is 8.16. The molecule has 1 aromatic rings. The molecule has 0 heterocycles. The van der Waals surface area contributed by atoms with E-state index in [2.05, 4.69) is 11.4 Å². The SMILES string of the molecule is N#CC1CCCC1NC(=O)[C@@H](N)Cc1ccc(O)cc1. The van der Waals surface area contributed by atoms with Crippen LogP contribution in [0.4, 0.5) is 0 Å². The van der Waals surface area contributed by atoms with Gasteiger partial charge < -0.3 is 16.2 Å². The zero-order valence-corrected chi connectivity index (χ0v) is 11.2. The fourth-order valence-electron chi connectivity index (χ4n) is 2.56. The molecule has 1 saturated carbocycles. The number of nitrogens with one attached hydrogen (secondary N) is 1. The summed E-state index contributed by atoms with van der Waals surface area (Å²) < 4.78 is 0. The summed E-state index contributed by atoms with van der Waals surface area (Å²) in [7, 11) is 0. The lowest BCUT2D eigenvalue weighted by Gasteiger charge is -2.19. The average Bonchev–Trinajstić information content (AvgIpc) is 2.88. The van der Waals surface area contributed by atoms with Crippen LogP contribution >= 0.6 is 0 Å². The van der Waals surface area contributed by atoms with Crippen molar-refractivity contribution in [2.24, 2.45) is 11.7 Å². The molecule has 5 nitrogen and oxygen atoms in total. The monoisotopic (exact) mass is 273 g/mol. The van der Waals surface area contributed by atoms with E-state index in [0.29, 0.717) is 6.42 Å². The number of phenolic OH excluding ortho intramolecular Hbond substituents is 1. The van der Waals surface area contributed by atoms with Gasteiger partial charge in [0.2, 0.25) is 5.91 Å². The standard InChI is InChI=1S/C15H19N3O2/c16-9-11-2-1-3-14(11)18-15(20)13(17)8-10-4-6-12(19)7-5-10/h4-7,11,13-14,19H,1-3,8,17H2,(H,18,20)/t11?,13-,14?/m0/s1. The molecule has 0 spiro atoms. The van der Waals surface area contributed by atoms with Gasteiger partial charge in [0.1, 0.15) is 5.75 Å². The van der Waals surface area contributed by atoms with E-state index < -0.39 is 6.04 Å².